The predicted molar refractivity (Wildman–Crippen MR) is 137 cm³/mol. The molecule has 2 aromatic carbocycles. The van der Waals surface area contributed by atoms with E-state index in [9.17, 15) is 35.9 Å². The summed E-state index contributed by atoms with van der Waals surface area (Å²) in [4.78, 5) is 44.4. The number of aryl methyl sites for hydroxylation is 1. The number of pyridine rings is 1. The molecule has 44 heavy (non-hydrogen) atoms. The van der Waals surface area contributed by atoms with E-state index < -0.39 is 30.3 Å². The van der Waals surface area contributed by atoms with Gasteiger partial charge in [-0.15, -0.1) is 0 Å². The summed E-state index contributed by atoms with van der Waals surface area (Å²) >= 11 is 0. The van der Waals surface area contributed by atoms with Crippen molar-refractivity contribution in [2.24, 2.45) is 7.05 Å². The molecule has 0 saturated carbocycles. The fraction of sp³-hybridized carbons (Fsp3) is 0.296. The lowest BCUT2D eigenvalue weighted by Crippen LogP contribution is -2.89. The molecule has 0 unspecified atom stereocenters. The first-order chi connectivity index (χ1) is 20.4. The number of quaternary nitrogens is 1. The second-order valence-electron chi connectivity index (χ2n) is 8.97. The number of nitrogens with one attached hydrogen (secondary N) is 1. The molecule has 0 atom stereocenters. The van der Waals surface area contributed by atoms with Gasteiger partial charge in [-0.2, -0.15) is 30.9 Å². The molecule has 0 radical (unpaired) electrons. The molecule has 1 aliphatic heterocycles. The molecule has 0 bridgehead atoms. The molecule has 4 rings (SSSR count). The normalized spacial score (nSPS) is 13.0. The third kappa shape index (κ3) is 10.1. The molecule has 2 heterocycles. The number of carboxylic acids is 2. The van der Waals surface area contributed by atoms with Gasteiger partial charge in [-0.05, 0) is 42.5 Å². The van der Waals surface area contributed by atoms with Gasteiger partial charge in [0.2, 0.25) is 5.52 Å². The van der Waals surface area contributed by atoms with Crippen molar-refractivity contribution in [3.05, 3.63) is 65.9 Å². The summed E-state index contributed by atoms with van der Waals surface area (Å²) in [5.41, 5.74) is 3.81. The maximum absolute atomic E-state index is 12.9. The van der Waals surface area contributed by atoms with Crippen LogP contribution in [-0.2, 0) is 21.4 Å². The summed E-state index contributed by atoms with van der Waals surface area (Å²) < 4.78 is 69.7. The largest absolute Gasteiger partial charge is 0.542 e. The first-order valence-corrected chi connectivity index (χ1v) is 12.5. The molecule has 17 heteroatoms. The number of piperazine rings is 1. The number of carbonyl (C=O) groups is 4. The SMILES string of the molecule is COC(=O)c1ccc(NC(=O)c2ccc3ccc(N4CC[NH2+]CC4)cc3[n+]2C)cc1.O=C([O-])C(F)(F)F.O=C([O-])C(F)(F)F. The highest BCUT2D eigenvalue weighted by Crippen LogP contribution is 2.21. The first kappa shape index (κ1) is 35.3. The number of carboxylic acid groups (broad SMARTS) is 2. The molecule has 1 amide bonds. The zero-order chi connectivity index (χ0) is 33.2. The molecule has 11 nitrogen and oxygen atoms in total. The third-order valence-corrected chi connectivity index (χ3v) is 5.99. The number of aliphatic carboxylic acids is 2. The first-order valence-electron chi connectivity index (χ1n) is 12.5. The van der Waals surface area contributed by atoms with Crippen molar-refractivity contribution in [1.82, 2.24) is 0 Å². The van der Waals surface area contributed by atoms with Crippen LogP contribution in [0.15, 0.2) is 54.6 Å². The lowest BCUT2D eigenvalue weighted by molar-refractivity contribution is -0.655. The lowest BCUT2D eigenvalue weighted by Gasteiger charge is -2.27. The molecular weight excluding hydrogens is 606 g/mol. The summed E-state index contributed by atoms with van der Waals surface area (Å²) in [5.74, 6) is -6.63. The van der Waals surface area contributed by atoms with E-state index in [4.69, 9.17) is 24.5 Å². The molecule has 1 saturated heterocycles. The van der Waals surface area contributed by atoms with Crippen molar-refractivity contribution >= 4 is 46.1 Å². The fourth-order valence-corrected chi connectivity index (χ4v) is 3.81. The van der Waals surface area contributed by atoms with Gasteiger partial charge in [-0.3, -0.25) is 4.79 Å². The number of aromatic nitrogens is 1. The minimum Gasteiger partial charge on any atom is -0.542 e. The van der Waals surface area contributed by atoms with Gasteiger partial charge in [0.15, 0.2) is 0 Å². The summed E-state index contributed by atoms with van der Waals surface area (Å²) in [6.45, 7) is 4.25. The summed E-state index contributed by atoms with van der Waals surface area (Å²) in [6, 6.07) is 16.9. The highest BCUT2D eigenvalue weighted by atomic mass is 19.4. The van der Waals surface area contributed by atoms with Crippen LogP contribution in [0.25, 0.3) is 10.9 Å². The second kappa shape index (κ2) is 15.0. The number of hydrogen-bond acceptors (Lipinski definition) is 8. The van der Waals surface area contributed by atoms with Gasteiger partial charge >= 0.3 is 24.2 Å². The zero-order valence-corrected chi connectivity index (χ0v) is 23.1. The number of ether oxygens (including phenoxy) is 1. The zero-order valence-electron chi connectivity index (χ0n) is 23.1. The second-order valence-corrected chi connectivity index (χ2v) is 8.97. The number of alkyl halides is 6. The number of nitrogens with zero attached hydrogens (tertiary/aromatic N) is 2. The standard InChI is InChI=1S/C23H24N4O3.2C2HF3O2/c1-26-20(22(28)25-18-7-3-17(4-8-18)23(29)30-2)10-6-16-5-9-19(15-21(16)26)27-13-11-24-12-14-27;2*3-2(4,5)1(6)7/h3-10,15,24H,11-14H2,1-2H3;2*(H,6,7). The van der Waals surface area contributed by atoms with Crippen LogP contribution in [0.3, 0.4) is 0 Å². The van der Waals surface area contributed by atoms with Crippen LogP contribution in [0.1, 0.15) is 20.8 Å². The average molecular weight is 633 g/mol. The molecular formula is C27H26F6N4O7. The Morgan fingerprint density at radius 2 is 1.36 bits per heavy atom. The Balaban J connectivity index is 0.000000402. The quantitative estimate of drug-likeness (QED) is 0.225. The summed E-state index contributed by atoms with van der Waals surface area (Å²) in [5, 5.41) is 23.9. The van der Waals surface area contributed by atoms with Crippen LogP contribution >= 0.6 is 0 Å². The van der Waals surface area contributed by atoms with E-state index in [0.717, 1.165) is 37.1 Å². The summed E-state index contributed by atoms with van der Waals surface area (Å²) in [7, 11) is 3.25. The van der Waals surface area contributed by atoms with Crippen LogP contribution in [0, 0.1) is 0 Å². The van der Waals surface area contributed by atoms with E-state index in [0.29, 0.717) is 16.9 Å². The highest BCUT2D eigenvalue weighted by molar-refractivity contribution is 6.03. The maximum atomic E-state index is 12.9. The molecule has 0 spiro atoms. The molecule has 3 aromatic rings. The van der Waals surface area contributed by atoms with Crippen molar-refractivity contribution in [2.75, 3.05) is 43.5 Å². The van der Waals surface area contributed by atoms with Gasteiger partial charge in [-0.1, -0.05) is 0 Å². The number of halogens is 6. The van der Waals surface area contributed by atoms with Gasteiger partial charge in [0.1, 0.15) is 19.0 Å². The minimum absolute atomic E-state index is 0.205. The van der Waals surface area contributed by atoms with Gasteiger partial charge in [0.05, 0.1) is 38.9 Å². The number of anilines is 2. The van der Waals surface area contributed by atoms with E-state index in [1.54, 1.807) is 24.3 Å². The van der Waals surface area contributed by atoms with Gasteiger partial charge < -0.3 is 40.1 Å². The Morgan fingerprint density at radius 3 is 1.84 bits per heavy atom. The Labute approximate surface area is 245 Å². The summed E-state index contributed by atoms with van der Waals surface area (Å²) in [6.07, 6.45) is -10.4. The van der Waals surface area contributed by atoms with E-state index >= 15 is 0 Å². The van der Waals surface area contributed by atoms with Crippen molar-refractivity contribution in [2.45, 2.75) is 12.4 Å². The van der Waals surface area contributed by atoms with E-state index in [1.807, 2.05) is 23.7 Å². The number of benzene rings is 2. The van der Waals surface area contributed by atoms with Crippen LogP contribution < -0.4 is 30.3 Å². The van der Waals surface area contributed by atoms with Crippen LogP contribution in [0.2, 0.25) is 0 Å². The fourth-order valence-electron chi connectivity index (χ4n) is 3.81. The minimum atomic E-state index is -5.19. The number of amides is 1. The van der Waals surface area contributed by atoms with Gasteiger partial charge in [0.25, 0.3) is 5.69 Å². The Kier molecular flexibility index (Phi) is 12.0. The number of rotatable bonds is 4. The Hall–Kier alpha value is -4.93. The topological polar surface area (TPSA) is 159 Å². The molecule has 238 valence electrons. The van der Waals surface area contributed by atoms with E-state index in [-0.39, 0.29) is 5.91 Å². The monoisotopic (exact) mass is 632 g/mol. The molecule has 0 aliphatic carbocycles. The third-order valence-electron chi connectivity index (χ3n) is 5.99. The van der Waals surface area contributed by atoms with Gasteiger partial charge in [0, 0.05) is 28.9 Å². The smallest absolute Gasteiger partial charge is 0.430 e. The lowest BCUT2D eigenvalue weighted by atomic mass is 10.1. The van der Waals surface area contributed by atoms with Crippen molar-refractivity contribution in [1.29, 1.82) is 0 Å². The van der Waals surface area contributed by atoms with E-state index in [2.05, 4.69) is 33.7 Å². The molecule has 1 aromatic heterocycles. The number of carbonyl (C=O) groups excluding carboxylic acids is 4. The number of nitrogens with two attached hydrogens (primary N) is 1. The molecule has 1 aliphatic rings. The maximum Gasteiger partial charge on any atom is 0.430 e. The van der Waals surface area contributed by atoms with Crippen LogP contribution in [-0.4, -0.2) is 69.5 Å². The predicted octanol–water partition coefficient (Wildman–Crippen LogP) is -0.316. The number of fused-ring (bicyclic) bond motifs is 1. The van der Waals surface area contributed by atoms with Crippen molar-refractivity contribution in [3.63, 3.8) is 0 Å². The van der Waals surface area contributed by atoms with Crippen molar-refractivity contribution in [3.8, 4) is 0 Å². The highest BCUT2D eigenvalue weighted by Gasteiger charge is 2.29. The average Bonchev–Trinajstić information content (AvgIpc) is 2.97. The van der Waals surface area contributed by atoms with Gasteiger partial charge in [-0.25, -0.2) is 4.79 Å². The number of methoxy groups -OCH3 is 1. The van der Waals surface area contributed by atoms with Crippen molar-refractivity contribution < 1.29 is 70.4 Å². The Bertz CT molecular complexity index is 1470. The van der Waals surface area contributed by atoms with E-state index in [1.165, 1.54) is 12.8 Å². The van der Waals surface area contributed by atoms with Crippen LogP contribution in [0.4, 0.5) is 37.7 Å². The molecule has 1 fully saturated rings. The number of esters is 1. The Morgan fingerprint density at radius 1 is 0.864 bits per heavy atom. The molecule has 3 N–H and O–H groups in total. The van der Waals surface area contributed by atoms with Crippen LogP contribution in [0.5, 0.6) is 0 Å². The number of hydrogen-bond donors (Lipinski definition) is 2.